The van der Waals surface area contributed by atoms with Gasteiger partial charge in [-0.15, -0.1) is 0 Å². The number of fused-ring (bicyclic) bond motifs is 1. The van der Waals surface area contributed by atoms with Gasteiger partial charge >= 0.3 is 0 Å². The molecule has 0 amide bonds. The molecule has 0 aliphatic heterocycles. The first-order valence-electron chi connectivity index (χ1n) is 9.58. The summed E-state index contributed by atoms with van der Waals surface area (Å²) in [6.07, 6.45) is 4.05. The van der Waals surface area contributed by atoms with Crippen LogP contribution in [-0.4, -0.2) is 8.42 Å². The zero-order valence-electron chi connectivity index (χ0n) is 16.1. The molecule has 1 aliphatic carbocycles. The number of sulfonamides is 1. The smallest absolute Gasteiger partial charge is 0.261 e. The van der Waals surface area contributed by atoms with E-state index < -0.39 is 10.0 Å². The number of anilines is 1. The fraction of sp³-hybridized carbons (Fsp3) is 0.174. The summed E-state index contributed by atoms with van der Waals surface area (Å²) in [7, 11) is -3.73. The van der Waals surface area contributed by atoms with E-state index in [-0.39, 0.29) is 10.5 Å². The SMILES string of the molecule is N#Cc1c(Cl)cccc1Oc1ccc(S(=O)(=O)Nc2cccc3c2CCCC3)cc1. The Balaban J connectivity index is 1.56. The first-order chi connectivity index (χ1) is 14.5. The number of nitrogens with one attached hydrogen (secondary N) is 1. The van der Waals surface area contributed by atoms with Gasteiger partial charge in [-0.2, -0.15) is 5.26 Å². The molecule has 152 valence electrons. The third kappa shape index (κ3) is 4.13. The lowest BCUT2D eigenvalue weighted by Gasteiger charge is -2.20. The van der Waals surface area contributed by atoms with Gasteiger partial charge in [-0.25, -0.2) is 8.42 Å². The van der Waals surface area contributed by atoms with Crippen molar-refractivity contribution >= 4 is 27.3 Å². The molecule has 1 N–H and O–H groups in total. The highest BCUT2D eigenvalue weighted by Crippen LogP contribution is 2.32. The van der Waals surface area contributed by atoms with Gasteiger partial charge in [0.05, 0.1) is 15.6 Å². The maximum atomic E-state index is 12.9. The number of nitrogens with zero attached hydrogens (tertiary/aromatic N) is 1. The Labute approximate surface area is 180 Å². The summed E-state index contributed by atoms with van der Waals surface area (Å²) < 4.78 is 34.2. The van der Waals surface area contributed by atoms with Crippen molar-refractivity contribution in [3.63, 3.8) is 0 Å². The Kier molecular flexibility index (Phi) is 5.67. The Morgan fingerprint density at radius 3 is 2.47 bits per heavy atom. The number of nitriles is 1. The van der Waals surface area contributed by atoms with Gasteiger partial charge in [-0.05, 0) is 79.3 Å². The molecule has 1 aliphatic rings. The molecule has 7 heteroatoms. The predicted octanol–water partition coefficient (Wildman–Crippen LogP) is 5.68. The van der Waals surface area contributed by atoms with Gasteiger partial charge < -0.3 is 4.74 Å². The van der Waals surface area contributed by atoms with Gasteiger partial charge in [0.2, 0.25) is 0 Å². The van der Waals surface area contributed by atoms with E-state index in [1.54, 1.807) is 30.3 Å². The molecule has 0 radical (unpaired) electrons. The van der Waals surface area contributed by atoms with Crippen molar-refractivity contribution in [1.29, 1.82) is 5.26 Å². The van der Waals surface area contributed by atoms with Crippen LogP contribution in [0.3, 0.4) is 0 Å². The van der Waals surface area contributed by atoms with Crippen LogP contribution in [0.2, 0.25) is 5.02 Å². The molecule has 0 bridgehead atoms. The van der Waals surface area contributed by atoms with E-state index in [4.69, 9.17) is 16.3 Å². The van der Waals surface area contributed by atoms with E-state index >= 15 is 0 Å². The molecule has 0 unspecified atom stereocenters. The second-order valence-corrected chi connectivity index (χ2v) is 9.14. The molecule has 0 spiro atoms. The summed E-state index contributed by atoms with van der Waals surface area (Å²) in [4.78, 5) is 0.134. The molecule has 0 saturated heterocycles. The molecule has 30 heavy (non-hydrogen) atoms. The van der Waals surface area contributed by atoms with Gasteiger partial charge in [0.15, 0.2) is 0 Å². The highest BCUT2D eigenvalue weighted by atomic mass is 35.5. The van der Waals surface area contributed by atoms with Gasteiger partial charge in [-0.3, -0.25) is 4.72 Å². The third-order valence-corrected chi connectivity index (χ3v) is 6.79. The van der Waals surface area contributed by atoms with Crippen LogP contribution in [0.5, 0.6) is 11.5 Å². The first-order valence-corrected chi connectivity index (χ1v) is 11.4. The zero-order valence-corrected chi connectivity index (χ0v) is 17.6. The van der Waals surface area contributed by atoms with Crippen LogP contribution in [0.25, 0.3) is 0 Å². The summed E-state index contributed by atoms with van der Waals surface area (Å²) in [5.41, 5.74) is 3.16. The van der Waals surface area contributed by atoms with Gasteiger partial charge in [-0.1, -0.05) is 29.8 Å². The van der Waals surface area contributed by atoms with Crippen molar-refractivity contribution < 1.29 is 13.2 Å². The molecule has 0 atom stereocenters. The quantitative estimate of drug-likeness (QED) is 0.555. The standard InChI is InChI=1S/C23H19ClN2O3S/c24-21-8-4-10-23(20(21)15-25)29-17-11-13-18(14-12-17)30(27,28)26-22-9-3-6-16-5-1-2-7-19(16)22/h3-4,6,8-14,26H,1-2,5,7H2. The Hall–Kier alpha value is -3.01. The van der Waals surface area contributed by atoms with E-state index in [9.17, 15) is 13.7 Å². The molecule has 0 aromatic heterocycles. The average Bonchev–Trinajstić information content (AvgIpc) is 2.74. The molecule has 3 aromatic carbocycles. The minimum atomic E-state index is -3.73. The highest BCUT2D eigenvalue weighted by Gasteiger charge is 2.19. The third-order valence-electron chi connectivity index (χ3n) is 5.09. The fourth-order valence-corrected chi connectivity index (χ4v) is 4.89. The van der Waals surface area contributed by atoms with Crippen LogP contribution in [0.15, 0.2) is 65.6 Å². The minimum Gasteiger partial charge on any atom is -0.456 e. The number of halogens is 1. The molecular formula is C23H19ClN2O3S. The lowest BCUT2D eigenvalue weighted by Crippen LogP contribution is -2.16. The number of ether oxygens (including phenoxy) is 1. The predicted molar refractivity (Wildman–Crippen MR) is 117 cm³/mol. The van der Waals surface area contributed by atoms with Gasteiger partial charge in [0.25, 0.3) is 10.0 Å². The van der Waals surface area contributed by atoms with E-state index in [0.717, 1.165) is 31.2 Å². The van der Waals surface area contributed by atoms with Crippen LogP contribution in [0, 0.1) is 11.3 Å². The molecule has 0 saturated carbocycles. The van der Waals surface area contributed by atoms with Crippen LogP contribution in [0.1, 0.15) is 29.5 Å². The second-order valence-electron chi connectivity index (χ2n) is 7.05. The van der Waals surface area contributed by atoms with Crippen LogP contribution >= 0.6 is 11.6 Å². The summed E-state index contributed by atoms with van der Waals surface area (Å²) in [5.74, 6) is 0.722. The number of hydrogen-bond donors (Lipinski definition) is 1. The maximum Gasteiger partial charge on any atom is 0.261 e. The molecule has 0 fully saturated rings. The Morgan fingerprint density at radius 2 is 1.70 bits per heavy atom. The minimum absolute atomic E-state index is 0.134. The number of hydrogen-bond acceptors (Lipinski definition) is 4. The summed E-state index contributed by atoms with van der Waals surface area (Å²) >= 11 is 6.02. The molecule has 4 rings (SSSR count). The number of rotatable bonds is 5. The van der Waals surface area contributed by atoms with Crippen molar-refractivity contribution in [1.82, 2.24) is 0 Å². The van der Waals surface area contributed by atoms with Gasteiger partial charge in [0, 0.05) is 0 Å². The summed E-state index contributed by atoms with van der Waals surface area (Å²) in [6.45, 7) is 0. The second kappa shape index (κ2) is 8.39. The van der Waals surface area contributed by atoms with Crippen molar-refractivity contribution in [2.45, 2.75) is 30.6 Å². The van der Waals surface area contributed by atoms with Crippen LogP contribution in [0.4, 0.5) is 5.69 Å². The lowest BCUT2D eigenvalue weighted by atomic mass is 9.91. The van der Waals surface area contributed by atoms with Crippen molar-refractivity contribution in [2.24, 2.45) is 0 Å². The monoisotopic (exact) mass is 438 g/mol. The zero-order chi connectivity index (χ0) is 21.1. The number of aryl methyl sites for hydroxylation is 1. The van der Waals surface area contributed by atoms with Gasteiger partial charge in [0.1, 0.15) is 23.1 Å². The maximum absolute atomic E-state index is 12.9. The molecular weight excluding hydrogens is 420 g/mol. The van der Waals surface area contributed by atoms with E-state index in [1.165, 1.54) is 17.7 Å². The van der Waals surface area contributed by atoms with Crippen molar-refractivity contribution in [2.75, 3.05) is 4.72 Å². The normalized spacial score (nSPS) is 13.2. The largest absolute Gasteiger partial charge is 0.456 e. The van der Waals surface area contributed by atoms with Crippen LogP contribution in [-0.2, 0) is 22.9 Å². The lowest BCUT2D eigenvalue weighted by molar-refractivity contribution is 0.480. The number of benzene rings is 3. The summed E-state index contributed by atoms with van der Waals surface area (Å²) in [5, 5.41) is 9.55. The summed E-state index contributed by atoms with van der Waals surface area (Å²) in [6, 6.07) is 18.7. The fourth-order valence-electron chi connectivity index (χ4n) is 3.59. The Morgan fingerprint density at radius 1 is 0.967 bits per heavy atom. The van der Waals surface area contributed by atoms with Crippen LogP contribution < -0.4 is 9.46 Å². The van der Waals surface area contributed by atoms with E-state index in [2.05, 4.69) is 10.8 Å². The van der Waals surface area contributed by atoms with E-state index in [0.29, 0.717) is 22.2 Å². The first kappa shape index (κ1) is 20.3. The topological polar surface area (TPSA) is 79.2 Å². The molecule has 0 heterocycles. The average molecular weight is 439 g/mol. The van der Waals surface area contributed by atoms with Crippen molar-refractivity contribution in [3.8, 4) is 17.6 Å². The highest BCUT2D eigenvalue weighted by molar-refractivity contribution is 7.92. The Bertz CT molecular complexity index is 1230. The molecule has 3 aromatic rings. The van der Waals surface area contributed by atoms with E-state index in [1.807, 2.05) is 18.2 Å². The molecule has 5 nitrogen and oxygen atoms in total. The van der Waals surface area contributed by atoms with Crippen molar-refractivity contribution in [3.05, 3.63) is 82.4 Å².